The average molecular weight is 603 g/mol. The second kappa shape index (κ2) is 13.0. The number of para-hydroxylation sites is 1. The van der Waals surface area contributed by atoms with Crippen molar-refractivity contribution in [2.45, 2.75) is 25.8 Å². The van der Waals surface area contributed by atoms with Crippen LogP contribution in [0.2, 0.25) is 0 Å². The van der Waals surface area contributed by atoms with Gasteiger partial charge in [-0.25, -0.2) is 9.78 Å². The Morgan fingerprint density at radius 2 is 1.66 bits per heavy atom. The maximum Gasteiger partial charge on any atom is 0.326 e. The number of anilines is 1. The number of fused-ring (bicyclic) bond motifs is 1. The summed E-state index contributed by atoms with van der Waals surface area (Å²) in [6, 6.07) is 30.6. The normalized spacial score (nSPS) is 11.8. The highest BCUT2D eigenvalue weighted by molar-refractivity contribution is 7.17. The van der Waals surface area contributed by atoms with E-state index in [0.717, 1.165) is 38.4 Å². The molecule has 7 nitrogen and oxygen atoms in total. The third kappa shape index (κ3) is 6.26. The molecule has 0 aliphatic heterocycles. The number of aryl methyl sites for hydroxylation is 1. The van der Waals surface area contributed by atoms with Gasteiger partial charge in [0.1, 0.15) is 17.6 Å². The summed E-state index contributed by atoms with van der Waals surface area (Å²) < 4.78 is 13.0. The zero-order chi connectivity index (χ0) is 30.5. The molecule has 6 aromatic rings. The van der Waals surface area contributed by atoms with Gasteiger partial charge in [0.15, 0.2) is 5.78 Å². The van der Waals surface area contributed by atoms with Gasteiger partial charge in [0.05, 0.1) is 12.3 Å². The Morgan fingerprint density at radius 1 is 0.932 bits per heavy atom. The number of carboxylic acid groups (broad SMARTS) is 1. The highest BCUT2D eigenvalue weighted by atomic mass is 32.1. The van der Waals surface area contributed by atoms with Crippen LogP contribution in [0.15, 0.2) is 113 Å². The maximum absolute atomic E-state index is 13.2. The van der Waals surface area contributed by atoms with Gasteiger partial charge < -0.3 is 19.6 Å². The lowest BCUT2D eigenvalue weighted by molar-refractivity contribution is -0.137. The van der Waals surface area contributed by atoms with Crippen molar-refractivity contribution < 1.29 is 23.8 Å². The van der Waals surface area contributed by atoms with Crippen LogP contribution in [0.25, 0.3) is 21.5 Å². The molecular formula is C36H30N2O5S. The predicted molar refractivity (Wildman–Crippen MR) is 173 cm³/mol. The number of nitrogens with one attached hydrogen (secondary N) is 1. The topological polar surface area (TPSA) is 102 Å². The zero-order valence-electron chi connectivity index (χ0n) is 24.0. The molecular weight excluding hydrogens is 572 g/mol. The Balaban J connectivity index is 1.16. The van der Waals surface area contributed by atoms with Gasteiger partial charge >= 0.3 is 5.97 Å². The predicted octanol–water partition coefficient (Wildman–Crippen LogP) is 7.83. The van der Waals surface area contributed by atoms with E-state index in [4.69, 9.17) is 9.15 Å². The van der Waals surface area contributed by atoms with E-state index in [0.29, 0.717) is 35.7 Å². The van der Waals surface area contributed by atoms with Crippen molar-refractivity contribution in [3.05, 3.63) is 137 Å². The minimum absolute atomic E-state index is 0.169. The molecule has 2 aromatic heterocycles. The molecule has 44 heavy (non-hydrogen) atoms. The SMILES string of the molecule is Cc1oc(-c2ccccc2)nc1CCOc1ccc(CC(Nc2ccccc2C(=O)c2ccccc2)C(=O)O)c2sccc12. The van der Waals surface area contributed by atoms with Gasteiger partial charge in [-0.1, -0.05) is 66.7 Å². The fourth-order valence-electron chi connectivity index (χ4n) is 5.16. The number of aromatic nitrogens is 1. The molecule has 6 rings (SSSR count). The molecule has 4 aromatic carbocycles. The summed E-state index contributed by atoms with van der Waals surface area (Å²) >= 11 is 1.54. The maximum atomic E-state index is 13.2. The van der Waals surface area contributed by atoms with Gasteiger partial charge in [-0.05, 0) is 54.3 Å². The zero-order valence-corrected chi connectivity index (χ0v) is 24.8. The minimum atomic E-state index is -1.00. The molecule has 0 spiro atoms. The summed E-state index contributed by atoms with van der Waals surface area (Å²) in [5.41, 5.74) is 4.11. The van der Waals surface area contributed by atoms with Crippen molar-refractivity contribution in [3.63, 3.8) is 0 Å². The molecule has 1 atom stereocenters. The summed E-state index contributed by atoms with van der Waals surface area (Å²) in [5, 5.41) is 16.2. The smallest absolute Gasteiger partial charge is 0.326 e. The van der Waals surface area contributed by atoms with Crippen molar-refractivity contribution in [1.29, 1.82) is 0 Å². The molecule has 0 radical (unpaired) electrons. The summed E-state index contributed by atoms with van der Waals surface area (Å²) in [6.45, 7) is 2.32. The van der Waals surface area contributed by atoms with Gasteiger partial charge in [0.25, 0.3) is 0 Å². The highest BCUT2D eigenvalue weighted by Crippen LogP contribution is 2.34. The number of hydrogen-bond donors (Lipinski definition) is 2. The Kier molecular flexibility index (Phi) is 8.52. The van der Waals surface area contributed by atoms with Crippen LogP contribution < -0.4 is 10.1 Å². The fraction of sp³-hybridized carbons (Fsp3) is 0.139. The average Bonchev–Trinajstić information content (AvgIpc) is 3.70. The summed E-state index contributed by atoms with van der Waals surface area (Å²) in [6.07, 6.45) is 0.808. The number of ketones is 1. The van der Waals surface area contributed by atoms with Gasteiger partial charge in [0.2, 0.25) is 5.89 Å². The lowest BCUT2D eigenvalue weighted by atomic mass is 10.00. The van der Waals surface area contributed by atoms with Crippen molar-refractivity contribution in [1.82, 2.24) is 4.98 Å². The number of nitrogens with zero attached hydrogens (tertiary/aromatic N) is 1. The Hall–Kier alpha value is -5.21. The van der Waals surface area contributed by atoms with Crippen LogP contribution in [0, 0.1) is 6.92 Å². The molecule has 0 fully saturated rings. The highest BCUT2D eigenvalue weighted by Gasteiger charge is 2.23. The lowest BCUT2D eigenvalue weighted by Crippen LogP contribution is -2.32. The molecule has 2 N–H and O–H groups in total. The van der Waals surface area contributed by atoms with E-state index in [1.54, 1.807) is 59.9 Å². The first-order valence-corrected chi connectivity index (χ1v) is 15.2. The van der Waals surface area contributed by atoms with Crippen molar-refractivity contribution >= 4 is 38.9 Å². The van der Waals surface area contributed by atoms with E-state index in [2.05, 4.69) is 10.3 Å². The van der Waals surface area contributed by atoms with Crippen LogP contribution in [-0.4, -0.2) is 34.5 Å². The van der Waals surface area contributed by atoms with Crippen LogP contribution >= 0.6 is 11.3 Å². The van der Waals surface area contributed by atoms with Gasteiger partial charge in [-0.3, -0.25) is 4.79 Å². The number of benzene rings is 4. The van der Waals surface area contributed by atoms with E-state index in [9.17, 15) is 14.7 Å². The van der Waals surface area contributed by atoms with Crippen LogP contribution in [0.5, 0.6) is 5.75 Å². The Labute approximate surface area is 258 Å². The van der Waals surface area contributed by atoms with E-state index in [1.165, 1.54) is 0 Å². The fourth-order valence-corrected chi connectivity index (χ4v) is 6.10. The van der Waals surface area contributed by atoms with Crippen molar-refractivity contribution in [3.8, 4) is 17.2 Å². The number of rotatable bonds is 12. The standard InChI is InChI=1S/C36H30N2O5S/c1-23-29(38-35(43-23)25-12-6-3-7-13-25)18-20-42-32-17-16-26(34-28(32)19-21-44-34)22-31(36(40)41)37-30-15-9-8-14-27(30)33(39)24-10-4-2-5-11-24/h2-17,19,21,31,37H,18,20,22H2,1H3,(H,40,41). The monoisotopic (exact) mass is 602 g/mol. The Morgan fingerprint density at radius 3 is 2.43 bits per heavy atom. The van der Waals surface area contributed by atoms with Crippen LogP contribution in [0.4, 0.5) is 5.69 Å². The first kappa shape index (κ1) is 28.9. The van der Waals surface area contributed by atoms with Gasteiger partial charge in [-0.2, -0.15) is 0 Å². The summed E-state index contributed by atoms with van der Waals surface area (Å²) in [4.78, 5) is 30.3. The molecule has 0 bridgehead atoms. The number of carbonyl (C=O) groups excluding carboxylic acids is 1. The molecule has 0 saturated carbocycles. The number of carboxylic acids is 1. The summed E-state index contributed by atoms with van der Waals surface area (Å²) in [5.74, 6) is 0.916. The van der Waals surface area contributed by atoms with E-state index in [1.807, 2.05) is 66.9 Å². The minimum Gasteiger partial charge on any atom is -0.493 e. The first-order chi connectivity index (χ1) is 21.5. The molecule has 8 heteroatoms. The van der Waals surface area contributed by atoms with E-state index >= 15 is 0 Å². The van der Waals surface area contributed by atoms with Crippen molar-refractivity contribution in [2.75, 3.05) is 11.9 Å². The molecule has 220 valence electrons. The van der Waals surface area contributed by atoms with Gasteiger partial charge in [0, 0.05) is 45.3 Å². The van der Waals surface area contributed by atoms with Crippen LogP contribution in [0.1, 0.15) is 32.9 Å². The van der Waals surface area contributed by atoms with Crippen LogP contribution in [-0.2, 0) is 17.6 Å². The van der Waals surface area contributed by atoms with Crippen molar-refractivity contribution in [2.24, 2.45) is 0 Å². The summed E-state index contributed by atoms with van der Waals surface area (Å²) in [7, 11) is 0. The molecule has 0 aliphatic carbocycles. The number of carbonyl (C=O) groups is 2. The van der Waals surface area contributed by atoms with Gasteiger partial charge in [-0.15, -0.1) is 11.3 Å². The van der Waals surface area contributed by atoms with E-state index in [-0.39, 0.29) is 12.2 Å². The molecule has 0 aliphatic rings. The molecule has 0 saturated heterocycles. The number of ether oxygens (including phenoxy) is 1. The second-order valence-corrected chi connectivity index (χ2v) is 11.3. The number of oxazole rings is 1. The second-order valence-electron chi connectivity index (χ2n) is 10.4. The number of thiophene rings is 1. The quantitative estimate of drug-likeness (QED) is 0.138. The number of aliphatic carboxylic acids is 1. The molecule has 1 unspecified atom stereocenters. The Bertz CT molecular complexity index is 1910. The largest absolute Gasteiger partial charge is 0.493 e. The number of hydrogen-bond acceptors (Lipinski definition) is 7. The third-order valence-electron chi connectivity index (χ3n) is 7.43. The third-order valence-corrected chi connectivity index (χ3v) is 8.42. The molecule has 2 heterocycles. The van der Waals surface area contributed by atoms with Crippen LogP contribution in [0.3, 0.4) is 0 Å². The molecule has 0 amide bonds. The van der Waals surface area contributed by atoms with E-state index < -0.39 is 12.0 Å². The lowest BCUT2D eigenvalue weighted by Gasteiger charge is -2.19. The first-order valence-electron chi connectivity index (χ1n) is 14.3.